The van der Waals surface area contributed by atoms with Crippen molar-refractivity contribution < 1.29 is 96.1 Å². The summed E-state index contributed by atoms with van der Waals surface area (Å²) in [5.74, 6) is 0. The van der Waals surface area contributed by atoms with Crippen molar-refractivity contribution in [3.05, 3.63) is 0 Å². The average molecular weight is 445 g/mol. The minimum Gasteiger partial charge on any atom is -0.368 e. The number of hydrogen-bond donors (Lipinski definition) is 6. The molecule has 0 bridgehead atoms. The third-order valence-electron chi connectivity index (χ3n) is 0.676. The van der Waals surface area contributed by atoms with Crippen LogP contribution in [0.25, 0.3) is 0 Å². The maximum absolute atomic E-state index is 8.05. The summed E-state index contributed by atoms with van der Waals surface area (Å²) < 4.78 is 8.07. The molecule has 0 radical (unpaired) electrons. The van der Waals surface area contributed by atoms with Crippen molar-refractivity contribution in [2.75, 3.05) is 13.2 Å². The van der Waals surface area contributed by atoms with E-state index in [-0.39, 0.29) is 71.6 Å². The zero-order chi connectivity index (χ0) is 11.8. The molecule has 0 rings (SSSR count). The molecule has 0 fully saturated rings. The Bertz CT molecular complexity index is 124. The second kappa shape index (κ2) is 16.0. The smallest absolute Gasteiger partial charge is 0.368 e. The zero-order valence-electron chi connectivity index (χ0n) is 10.0. The number of rotatable bonds is 4. The molecule has 0 amide bonds. The monoisotopic (exact) mass is 440 g/mol. The molecule has 0 aromatic heterocycles. The summed E-state index contributed by atoms with van der Waals surface area (Å²) in [4.78, 5) is 48.3. The summed E-state index contributed by atoms with van der Waals surface area (Å²) in [6.07, 6.45) is 0. The van der Waals surface area contributed by atoms with E-state index < -0.39 is 18.1 Å². The molecule has 0 unspecified atom stereocenters. The molecule has 8 nitrogen and oxygen atoms in total. The molecule has 6 N–H and O–H groups in total. The Kier molecular flexibility index (Phi) is 29.6. The van der Waals surface area contributed by atoms with Gasteiger partial charge in [0, 0.05) is 71.6 Å². The zero-order valence-corrected chi connectivity index (χ0v) is 20.9. The molecule has 0 saturated carbocycles. The van der Waals surface area contributed by atoms with Crippen LogP contribution in [0.5, 0.6) is 0 Å². The molecular formula is C4H16O8Si2Zn3. The van der Waals surface area contributed by atoms with Crippen LogP contribution in [0.1, 0.15) is 13.8 Å². The van der Waals surface area contributed by atoms with Gasteiger partial charge in [-0.3, -0.25) is 0 Å². The molecule has 13 heteroatoms. The fourth-order valence-corrected chi connectivity index (χ4v) is 1.16. The van der Waals surface area contributed by atoms with Crippen molar-refractivity contribution in [1.29, 1.82) is 0 Å². The summed E-state index contributed by atoms with van der Waals surface area (Å²) in [7, 11) is -8.31. The van der Waals surface area contributed by atoms with Crippen LogP contribution < -0.4 is 0 Å². The maximum Gasteiger partial charge on any atom is 0.671 e. The van der Waals surface area contributed by atoms with E-state index >= 15 is 0 Å². The van der Waals surface area contributed by atoms with Crippen molar-refractivity contribution in [3.63, 3.8) is 0 Å². The predicted octanol–water partition coefficient (Wildman–Crippen LogP) is -3.14. The van der Waals surface area contributed by atoms with Gasteiger partial charge in [0.15, 0.2) is 0 Å². The van der Waals surface area contributed by atoms with Gasteiger partial charge in [-0.05, 0) is 13.8 Å². The minimum absolute atomic E-state index is 0. The standard InChI is InChI=1S/2C2H8O4Si.3Zn/c2*1-2-6-7(3,4)5;;;/h2*3-5H,2H2,1H3;;;. The van der Waals surface area contributed by atoms with Crippen molar-refractivity contribution in [1.82, 2.24) is 0 Å². The predicted molar refractivity (Wildman–Crippen MR) is 48.1 cm³/mol. The Hall–Kier alpha value is 1.98. The Balaban J connectivity index is -0.0000000480. The molecule has 0 aliphatic heterocycles. The van der Waals surface area contributed by atoms with Crippen LogP contribution in [0.2, 0.25) is 0 Å². The normalized spacial score (nSPS) is 9.88. The van der Waals surface area contributed by atoms with Gasteiger partial charge in [-0.1, -0.05) is 0 Å². The topological polar surface area (TPSA) is 140 Å². The van der Waals surface area contributed by atoms with E-state index in [4.69, 9.17) is 28.8 Å². The largest absolute Gasteiger partial charge is 0.671 e. The van der Waals surface area contributed by atoms with E-state index in [9.17, 15) is 0 Å². The van der Waals surface area contributed by atoms with Gasteiger partial charge >= 0.3 is 18.1 Å². The molecule has 0 saturated heterocycles. The van der Waals surface area contributed by atoms with Crippen LogP contribution in [0, 0.1) is 0 Å². The molecule has 0 aromatic rings. The van der Waals surface area contributed by atoms with E-state index in [1.165, 1.54) is 0 Å². The van der Waals surface area contributed by atoms with Crippen molar-refractivity contribution >= 4 is 18.1 Å². The summed E-state index contributed by atoms with van der Waals surface area (Å²) in [6, 6.07) is 0. The van der Waals surface area contributed by atoms with Crippen molar-refractivity contribution in [2.24, 2.45) is 0 Å². The Morgan fingerprint density at radius 3 is 0.824 bits per heavy atom. The summed E-state index contributed by atoms with van der Waals surface area (Å²) >= 11 is 0. The van der Waals surface area contributed by atoms with Crippen molar-refractivity contribution in [2.45, 2.75) is 13.8 Å². The molecule has 0 heterocycles. The van der Waals surface area contributed by atoms with E-state index in [1.807, 2.05) is 0 Å². The Morgan fingerprint density at radius 1 is 0.647 bits per heavy atom. The summed E-state index contributed by atoms with van der Waals surface area (Å²) in [5.41, 5.74) is 0. The first-order valence-electron chi connectivity index (χ1n) is 3.74. The Morgan fingerprint density at radius 2 is 0.824 bits per heavy atom. The molecule has 0 atom stereocenters. The van der Waals surface area contributed by atoms with Gasteiger partial charge in [-0.2, -0.15) is 0 Å². The van der Waals surface area contributed by atoms with Crippen LogP contribution in [-0.2, 0) is 67.3 Å². The molecule has 94 valence electrons. The van der Waals surface area contributed by atoms with Crippen LogP contribution in [0.15, 0.2) is 0 Å². The second-order valence-corrected chi connectivity index (χ2v) is 4.89. The second-order valence-electron chi connectivity index (χ2n) is 2.01. The van der Waals surface area contributed by atoms with Gasteiger partial charge in [-0.25, -0.2) is 0 Å². The van der Waals surface area contributed by atoms with Gasteiger partial charge in [-0.15, -0.1) is 0 Å². The van der Waals surface area contributed by atoms with E-state index in [0.29, 0.717) is 0 Å². The van der Waals surface area contributed by atoms with Crippen LogP contribution >= 0.6 is 0 Å². The Labute approximate surface area is 140 Å². The third kappa shape index (κ3) is 46.1. The molecule has 0 spiro atoms. The van der Waals surface area contributed by atoms with Gasteiger partial charge in [0.2, 0.25) is 0 Å². The summed E-state index contributed by atoms with van der Waals surface area (Å²) in [5, 5.41) is 0. The molecule has 0 aliphatic carbocycles. The fraction of sp³-hybridized carbons (Fsp3) is 1.00. The minimum atomic E-state index is -4.16. The third-order valence-corrected chi connectivity index (χ3v) is 2.03. The van der Waals surface area contributed by atoms with Crippen LogP contribution in [0.3, 0.4) is 0 Å². The number of hydrogen-bond acceptors (Lipinski definition) is 8. The van der Waals surface area contributed by atoms with Gasteiger partial charge in [0.05, 0.1) is 0 Å². The first kappa shape index (κ1) is 31.4. The maximum atomic E-state index is 8.05. The van der Waals surface area contributed by atoms with Crippen LogP contribution in [0.4, 0.5) is 0 Å². The van der Waals surface area contributed by atoms with Crippen molar-refractivity contribution in [3.8, 4) is 0 Å². The van der Waals surface area contributed by atoms with Gasteiger partial charge < -0.3 is 37.6 Å². The van der Waals surface area contributed by atoms with Gasteiger partial charge in [0.1, 0.15) is 0 Å². The fourth-order valence-electron chi connectivity index (χ4n) is 0.387. The molecule has 0 aromatic carbocycles. The van der Waals surface area contributed by atoms with E-state index in [0.717, 1.165) is 0 Å². The van der Waals surface area contributed by atoms with E-state index in [1.54, 1.807) is 13.8 Å². The molecular weight excluding hydrogens is 428 g/mol. The molecule has 17 heavy (non-hydrogen) atoms. The quantitative estimate of drug-likeness (QED) is 0.250. The first-order chi connectivity index (χ1) is 6.12. The van der Waals surface area contributed by atoms with Crippen LogP contribution in [-0.4, -0.2) is 60.1 Å². The van der Waals surface area contributed by atoms with Gasteiger partial charge in [0.25, 0.3) is 0 Å². The first-order valence-corrected chi connectivity index (χ1v) is 7.24. The SMILES string of the molecule is CCO[Si](O)(O)O.CCO[Si](O)(O)O.[Zn].[Zn].[Zn]. The summed E-state index contributed by atoms with van der Waals surface area (Å²) in [6.45, 7) is 3.36. The molecule has 0 aliphatic rings. The van der Waals surface area contributed by atoms with E-state index in [2.05, 4.69) is 8.85 Å². The average Bonchev–Trinajstić information content (AvgIpc) is 1.81.